The quantitative estimate of drug-likeness (QED) is 0.434. The van der Waals surface area contributed by atoms with Crippen molar-refractivity contribution in [2.24, 2.45) is 10.2 Å². The number of alkyl halides is 6. The maximum absolute atomic E-state index is 12.1. The highest BCUT2D eigenvalue weighted by atomic mass is 19.4. The van der Waals surface area contributed by atoms with E-state index in [1.165, 1.54) is 12.1 Å². The molecule has 0 fully saturated rings. The Kier molecular flexibility index (Phi) is 7.04. The number of carboxylic acid groups (broad SMARTS) is 1. The number of carboxylic acids is 1. The van der Waals surface area contributed by atoms with Crippen LogP contribution in [-0.4, -0.2) is 38.1 Å². The molecule has 3 aliphatic rings. The molecule has 4 rings (SSSR count). The molecule has 3 aliphatic heterocycles. The number of carbonyl (C=O) groups is 2. The van der Waals surface area contributed by atoms with E-state index in [1.807, 2.05) is 10.6 Å². The van der Waals surface area contributed by atoms with Crippen molar-refractivity contribution >= 4 is 18.1 Å². The molecule has 0 saturated heterocycles. The Morgan fingerprint density at radius 2 is 1.71 bits per heavy atom. The van der Waals surface area contributed by atoms with Crippen LogP contribution >= 0.6 is 0 Å². The smallest absolute Gasteiger partial charge is 0.475 e. The largest absolute Gasteiger partial charge is 0.490 e. The van der Waals surface area contributed by atoms with Gasteiger partial charge in [0.2, 0.25) is 0 Å². The Hall–Kier alpha value is -3.84. The van der Waals surface area contributed by atoms with Gasteiger partial charge in [-0.1, -0.05) is 18.2 Å². The third-order valence-corrected chi connectivity index (χ3v) is 3.54. The van der Waals surface area contributed by atoms with Gasteiger partial charge in [0.25, 0.3) is 0 Å². The summed E-state index contributed by atoms with van der Waals surface area (Å²) in [7, 11) is 0. The number of carbonyl (C=O) groups excluding carboxylic acids is 1. The number of aromatic nitrogens is 3. The molecule has 1 aromatic rings. The van der Waals surface area contributed by atoms with Crippen molar-refractivity contribution in [3.63, 3.8) is 0 Å². The van der Waals surface area contributed by atoms with Crippen LogP contribution in [-0.2, 0) is 17.6 Å². The van der Waals surface area contributed by atoms with Crippen molar-refractivity contribution in [1.82, 2.24) is 14.5 Å². The summed E-state index contributed by atoms with van der Waals surface area (Å²) >= 11 is 0. The molecule has 0 spiro atoms. The van der Waals surface area contributed by atoms with Crippen molar-refractivity contribution in [2.45, 2.75) is 19.0 Å². The van der Waals surface area contributed by atoms with Gasteiger partial charge in [0, 0.05) is 11.8 Å². The van der Waals surface area contributed by atoms with Crippen molar-refractivity contribution < 1.29 is 41.0 Å². The van der Waals surface area contributed by atoms with Crippen LogP contribution in [0.4, 0.5) is 32.2 Å². The zero-order valence-corrected chi connectivity index (χ0v) is 15.1. The third-order valence-electron chi connectivity index (χ3n) is 3.54. The van der Waals surface area contributed by atoms with Gasteiger partial charge in [0.1, 0.15) is 6.67 Å². The van der Waals surface area contributed by atoms with Crippen molar-refractivity contribution in [2.75, 3.05) is 0 Å². The molecule has 0 unspecified atom stereocenters. The van der Waals surface area contributed by atoms with E-state index in [1.54, 1.807) is 12.4 Å². The molecule has 1 aromatic carbocycles. The van der Waals surface area contributed by atoms with Crippen LogP contribution in [0.2, 0.25) is 0 Å². The second-order valence-corrected chi connectivity index (χ2v) is 5.59. The number of azo groups is 1. The van der Waals surface area contributed by atoms with Gasteiger partial charge >= 0.3 is 18.3 Å². The van der Waals surface area contributed by atoms with Crippen LogP contribution in [0.1, 0.15) is 15.9 Å². The second-order valence-electron chi connectivity index (χ2n) is 5.59. The second kappa shape index (κ2) is 9.32. The number of nitrogens with zero attached hydrogens (tertiary/aromatic N) is 5. The number of fused-ring (bicyclic) bond motifs is 3. The summed E-state index contributed by atoms with van der Waals surface area (Å²) in [5.41, 5.74) is -0.220. The van der Waals surface area contributed by atoms with Gasteiger partial charge in [-0.15, -0.1) is 5.11 Å². The van der Waals surface area contributed by atoms with E-state index in [0.29, 0.717) is 6.67 Å². The van der Waals surface area contributed by atoms with Gasteiger partial charge in [-0.05, 0) is 12.1 Å². The van der Waals surface area contributed by atoms with Crippen LogP contribution in [0, 0.1) is 0 Å². The first-order chi connectivity index (χ1) is 14.4. The van der Waals surface area contributed by atoms with Crippen LogP contribution in [0.15, 0.2) is 53.0 Å². The Bertz CT molecular complexity index is 1060. The minimum atomic E-state index is -5.08. The van der Waals surface area contributed by atoms with Crippen LogP contribution in [0.5, 0.6) is 0 Å². The fraction of sp³-hybridized carbons (Fsp3) is 0.176. The molecule has 8 nitrogen and oxygen atoms in total. The highest BCUT2D eigenvalue weighted by molar-refractivity contribution is 5.77. The lowest BCUT2D eigenvalue weighted by Gasteiger charge is -2.07. The first kappa shape index (κ1) is 23.4. The fourth-order valence-electron chi connectivity index (χ4n) is 2.19. The molecular weight excluding hydrogens is 436 g/mol. The number of benzene rings is 1. The van der Waals surface area contributed by atoms with Gasteiger partial charge in [0.15, 0.2) is 17.9 Å². The lowest BCUT2D eigenvalue weighted by Crippen LogP contribution is -2.21. The predicted molar refractivity (Wildman–Crippen MR) is 91.7 cm³/mol. The average Bonchev–Trinajstić information content (AvgIpc) is 3.36. The highest BCUT2D eigenvalue weighted by Gasteiger charge is 2.38. The number of aliphatic carboxylic acids is 1. The minimum absolute atomic E-state index is 0.197. The molecule has 0 saturated carbocycles. The van der Waals surface area contributed by atoms with Crippen molar-refractivity contribution in [1.29, 1.82) is 0 Å². The SMILES string of the molecule is O=C(O)C(F)(F)F.O=Cc1ccccc1C(F)(F)F.c1cc2n3c(cnc-2n1)N=NC3. The summed E-state index contributed by atoms with van der Waals surface area (Å²) in [5, 5.41) is 15.0. The van der Waals surface area contributed by atoms with E-state index in [9.17, 15) is 31.1 Å². The molecule has 0 atom stereocenters. The predicted octanol–water partition coefficient (Wildman–Crippen LogP) is 4.59. The lowest BCUT2D eigenvalue weighted by molar-refractivity contribution is -0.192. The van der Waals surface area contributed by atoms with E-state index in [0.717, 1.165) is 29.5 Å². The number of halogens is 6. The highest BCUT2D eigenvalue weighted by Crippen LogP contribution is 2.31. The first-order valence-corrected chi connectivity index (χ1v) is 8.04. The molecule has 3 heterocycles. The average molecular weight is 447 g/mol. The van der Waals surface area contributed by atoms with Gasteiger partial charge < -0.3 is 5.11 Å². The Morgan fingerprint density at radius 1 is 1.06 bits per heavy atom. The van der Waals surface area contributed by atoms with Crippen molar-refractivity contribution in [3.8, 4) is 11.5 Å². The maximum atomic E-state index is 12.1. The fourth-order valence-corrected chi connectivity index (χ4v) is 2.19. The summed E-state index contributed by atoms with van der Waals surface area (Å²) in [6.07, 6.45) is -5.91. The van der Waals surface area contributed by atoms with Gasteiger partial charge in [-0.25, -0.2) is 14.8 Å². The van der Waals surface area contributed by atoms with E-state index < -0.39 is 23.9 Å². The molecule has 0 amide bonds. The summed E-state index contributed by atoms with van der Waals surface area (Å²) in [5.74, 6) is -1.20. The number of aldehydes is 1. The number of hydrogen-bond donors (Lipinski definition) is 1. The maximum Gasteiger partial charge on any atom is 0.490 e. The van der Waals surface area contributed by atoms with E-state index in [-0.39, 0.29) is 11.8 Å². The summed E-state index contributed by atoms with van der Waals surface area (Å²) < 4.78 is 69.9. The molecule has 0 bridgehead atoms. The van der Waals surface area contributed by atoms with Crippen molar-refractivity contribution in [3.05, 3.63) is 53.9 Å². The molecular formula is C17H11F6N5O3. The normalized spacial score (nSPS) is 12.3. The number of hydrogen-bond acceptors (Lipinski definition) is 6. The minimum Gasteiger partial charge on any atom is -0.475 e. The van der Waals surface area contributed by atoms with E-state index in [4.69, 9.17) is 9.90 Å². The zero-order valence-electron chi connectivity index (χ0n) is 15.1. The molecule has 14 heteroatoms. The summed E-state index contributed by atoms with van der Waals surface area (Å²) in [4.78, 5) is 27.3. The molecule has 0 aliphatic carbocycles. The van der Waals surface area contributed by atoms with Crippen LogP contribution in [0.25, 0.3) is 11.5 Å². The number of rotatable bonds is 1. The van der Waals surface area contributed by atoms with Gasteiger partial charge in [-0.3, -0.25) is 9.36 Å². The Balaban J connectivity index is 0.000000173. The molecule has 164 valence electrons. The lowest BCUT2D eigenvalue weighted by atomic mass is 10.1. The van der Waals surface area contributed by atoms with E-state index in [2.05, 4.69) is 20.2 Å². The first-order valence-electron chi connectivity index (χ1n) is 8.04. The van der Waals surface area contributed by atoms with Gasteiger partial charge in [-0.2, -0.15) is 31.5 Å². The van der Waals surface area contributed by atoms with Gasteiger partial charge in [0.05, 0.1) is 17.5 Å². The molecule has 31 heavy (non-hydrogen) atoms. The summed E-state index contributed by atoms with van der Waals surface area (Å²) in [6, 6.07) is 6.57. The Labute approximate surface area is 169 Å². The molecule has 1 N–H and O–H groups in total. The standard InChI is InChI=1S/C8H5F3O.C7H5N5.C2HF3O2/c9-8(10,11)7-4-2-1-3-6(7)5-12;1-2-8-7-5(1)12-4-10-11-6(12)3-9-7;3-2(4,5)1(6)7/h1-5H;1-3H,4H2;(H,6,7). The topological polar surface area (TPSA) is 110 Å². The Morgan fingerprint density at radius 3 is 2.26 bits per heavy atom. The molecule has 0 radical (unpaired) electrons. The summed E-state index contributed by atoms with van der Waals surface area (Å²) in [6.45, 7) is 0.583. The zero-order chi connectivity index (χ0) is 23.2. The molecule has 0 aromatic heterocycles. The third kappa shape index (κ3) is 6.07. The van der Waals surface area contributed by atoms with Crippen LogP contribution < -0.4 is 0 Å². The monoisotopic (exact) mass is 447 g/mol. The van der Waals surface area contributed by atoms with Crippen LogP contribution in [0.3, 0.4) is 0 Å². The van der Waals surface area contributed by atoms with E-state index >= 15 is 0 Å².